The zero-order valence-electron chi connectivity index (χ0n) is 8.71. The Morgan fingerprint density at radius 1 is 1.24 bits per heavy atom. The summed E-state index contributed by atoms with van der Waals surface area (Å²) in [6.45, 7) is 0.318. The van der Waals surface area contributed by atoms with Crippen molar-refractivity contribution in [1.82, 2.24) is 0 Å². The summed E-state index contributed by atoms with van der Waals surface area (Å²) in [6.07, 6.45) is 3.00. The Labute approximate surface area is 96.3 Å². The number of nitrogens with zero attached hydrogens (tertiary/aromatic N) is 1. The molecule has 17 heavy (non-hydrogen) atoms. The van der Waals surface area contributed by atoms with E-state index in [1.165, 1.54) is 24.7 Å². The molecule has 0 fully saturated rings. The van der Waals surface area contributed by atoms with Gasteiger partial charge in [0.2, 0.25) is 0 Å². The second kappa shape index (κ2) is 4.66. The molecule has 2 rings (SSSR count). The van der Waals surface area contributed by atoms with Crippen LogP contribution in [0.3, 0.4) is 0 Å². The van der Waals surface area contributed by atoms with Crippen LogP contribution in [-0.4, -0.2) is 0 Å². The molecular formula is C12H8F2N2O. The van der Waals surface area contributed by atoms with Crippen molar-refractivity contribution in [1.29, 1.82) is 5.26 Å². The van der Waals surface area contributed by atoms with Crippen molar-refractivity contribution in [3.05, 3.63) is 53.5 Å². The highest BCUT2D eigenvalue weighted by molar-refractivity contribution is 5.50. The Hall–Kier alpha value is -2.35. The molecule has 1 aromatic heterocycles. The zero-order valence-corrected chi connectivity index (χ0v) is 8.71. The summed E-state index contributed by atoms with van der Waals surface area (Å²) >= 11 is 0. The van der Waals surface area contributed by atoms with Crippen LogP contribution in [0.15, 0.2) is 35.1 Å². The molecule has 0 radical (unpaired) electrons. The lowest BCUT2D eigenvalue weighted by molar-refractivity contribution is 0.508. The first kappa shape index (κ1) is 11.1. The summed E-state index contributed by atoms with van der Waals surface area (Å²) in [5.74, 6) is -2.18. The SMILES string of the molecule is N#Cc1ccc(NCc2ccoc2)c(F)c1F. The van der Waals surface area contributed by atoms with Crippen LogP contribution in [0.4, 0.5) is 14.5 Å². The van der Waals surface area contributed by atoms with Crippen molar-refractivity contribution in [2.24, 2.45) is 0 Å². The minimum absolute atomic E-state index is 0.0164. The largest absolute Gasteiger partial charge is 0.472 e. The van der Waals surface area contributed by atoms with E-state index in [9.17, 15) is 8.78 Å². The van der Waals surface area contributed by atoms with E-state index >= 15 is 0 Å². The lowest BCUT2D eigenvalue weighted by Gasteiger charge is -2.07. The quantitative estimate of drug-likeness (QED) is 0.887. The van der Waals surface area contributed by atoms with Crippen LogP contribution in [0.1, 0.15) is 11.1 Å². The third-order valence-electron chi connectivity index (χ3n) is 2.27. The van der Waals surface area contributed by atoms with Crippen molar-refractivity contribution in [2.45, 2.75) is 6.54 Å². The minimum atomic E-state index is -1.13. The molecule has 2 aromatic rings. The highest BCUT2D eigenvalue weighted by Gasteiger charge is 2.12. The fourth-order valence-electron chi connectivity index (χ4n) is 1.36. The Kier molecular flexibility index (Phi) is 3.06. The van der Waals surface area contributed by atoms with Crippen molar-refractivity contribution in [3.8, 4) is 6.07 Å². The maximum absolute atomic E-state index is 13.5. The maximum atomic E-state index is 13.5. The normalized spacial score (nSPS) is 9.94. The van der Waals surface area contributed by atoms with Crippen LogP contribution >= 0.6 is 0 Å². The van der Waals surface area contributed by atoms with Crippen LogP contribution in [0.5, 0.6) is 0 Å². The third kappa shape index (κ3) is 2.26. The fourth-order valence-corrected chi connectivity index (χ4v) is 1.36. The second-order valence-electron chi connectivity index (χ2n) is 3.39. The number of benzene rings is 1. The molecule has 5 heteroatoms. The van der Waals surface area contributed by atoms with Gasteiger partial charge in [-0.15, -0.1) is 0 Å². The first-order valence-electron chi connectivity index (χ1n) is 4.85. The third-order valence-corrected chi connectivity index (χ3v) is 2.27. The maximum Gasteiger partial charge on any atom is 0.183 e. The fraction of sp³-hybridized carbons (Fsp3) is 0.0833. The van der Waals surface area contributed by atoms with E-state index in [0.717, 1.165) is 5.56 Å². The number of hydrogen-bond donors (Lipinski definition) is 1. The molecule has 0 aliphatic heterocycles. The number of hydrogen-bond acceptors (Lipinski definition) is 3. The number of nitrogens with one attached hydrogen (secondary N) is 1. The monoisotopic (exact) mass is 234 g/mol. The van der Waals surface area contributed by atoms with E-state index in [4.69, 9.17) is 9.68 Å². The molecule has 3 nitrogen and oxygen atoms in total. The highest BCUT2D eigenvalue weighted by atomic mass is 19.2. The van der Waals surface area contributed by atoms with Crippen molar-refractivity contribution >= 4 is 5.69 Å². The molecule has 0 amide bonds. The minimum Gasteiger partial charge on any atom is -0.472 e. The van der Waals surface area contributed by atoms with E-state index < -0.39 is 11.6 Å². The van der Waals surface area contributed by atoms with Crippen LogP contribution in [0.25, 0.3) is 0 Å². The molecule has 0 aliphatic rings. The molecule has 0 aliphatic carbocycles. The summed E-state index contributed by atoms with van der Waals surface area (Å²) < 4.78 is 31.6. The van der Waals surface area contributed by atoms with Gasteiger partial charge < -0.3 is 9.73 Å². The van der Waals surface area contributed by atoms with Crippen LogP contribution < -0.4 is 5.32 Å². The van der Waals surface area contributed by atoms with Gasteiger partial charge in [-0.2, -0.15) is 5.26 Å². The van der Waals surface area contributed by atoms with Gasteiger partial charge in [0, 0.05) is 12.1 Å². The lowest BCUT2D eigenvalue weighted by Crippen LogP contribution is -2.03. The van der Waals surface area contributed by atoms with Gasteiger partial charge in [0.15, 0.2) is 11.6 Å². The van der Waals surface area contributed by atoms with Gasteiger partial charge in [0.1, 0.15) is 6.07 Å². The molecule has 1 N–H and O–H groups in total. The molecule has 0 saturated carbocycles. The standard InChI is InChI=1S/C12H8F2N2O/c13-11-9(5-15)1-2-10(12(11)14)16-6-8-3-4-17-7-8/h1-4,7,16H,6H2. The molecule has 1 heterocycles. The molecule has 0 spiro atoms. The lowest BCUT2D eigenvalue weighted by atomic mass is 10.2. The topological polar surface area (TPSA) is 49.0 Å². The van der Waals surface area contributed by atoms with Gasteiger partial charge in [-0.25, -0.2) is 8.78 Å². The first-order chi connectivity index (χ1) is 8.22. The summed E-state index contributed by atoms with van der Waals surface area (Å²) in [5, 5.41) is 11.2. The predicted octanol–water partition coefficient (Wildman–Crippen LogP) is 3.04. The molecule has 0 bridgehead atoms. The van der Waals surface area contributed by atoms with Crippen LogP contribution in [0, 0.1) is 23.0 Å². The van der Waals surface area contributed by atoms with E-state index in [-0.39, 0.29) is 11.3 Å². The molecule has 1 aromatic carbocycles. The van der Waals surface area contributed by atoms with Crippen LogP contribution in [-0.2, 0) is 6.54 Å². The summed E-state index contributed by atoms with van der Waals surface area (Å²) in [6, 6.07) is 5.85. The number of halogens is 2. The number of anilines is 1. The number of rotatable bonds is 3. The Balaban J connectivity index is 2.17. The predicted molar refractivity (Wildman–Crippen MR) is 57.1 cm³/mol. The first-order valence-corrected chi connectivity index (χ1v) is 4.85. The van der Waals surface area contributed by atoms with Gasteiger partial charge in [-0.1, -0.05) is 0 Å². The molecule has 86 valence electrons. The zero-order chi connectivity index (χ0) is 12.3. The molecular weight excluding hydrogens is 226 g/mol. The van der Waals surface area contributed by atoms with E-state index in [1.54, 1.807) is 12.1 Å². The van der Waals surface area contributed by atoms with Gasteiger partial charge in [0.25, 0.3) is 0 Å². The van der Waals surface area contributed by atoms with E-state index in [2.05, 4.69) is 5.32 Å². The Morgan fingerprint density at radius 3 is 2.71 bits per heavy atom. The molecule has 0 saturated heterocycles. The van der Waals surface area contributed by atoms with Gasteiger partial charge >= 0.3 is 0 Å². The van der Waals surface area contributed by atoms with E-state index in [1.807, 2.05) is 0 Å². The molecule has 0 unspecified atom stereocenters. The van der Waals surface area contributed by atoms with Crippen molar-refractivity contribution in [3.63, 3.8) is 0 Å². The molecule has 0 atom stereocenters. The summed E-state index contributed by atoms with van der Waals surface area (Å²) in [7, 11) is 0. The average molecular weight is 234 g/mol. The van der Waals surface area contributed by atoms with Gasteiger partial charge in [-0.3, -0.25) is 0 Å². The Bertz CT molecular complexity index is 559. The number of nitriles is 1. The smallest absolute Gasteiger partial charge is 0.183 e. The van der Waals surface area contributed by atoms with E-state index in [0.29, 0.717) is 6.54 Å². The highest BCUT2D eigenvalue weighted by Crippen LogP contribution is 2.20. The van der Waals surface area contributed by atoms with Crippen LogP contribution in [0.2, 0.25) is 0 Å². The van der Waals surface area contributed by atoms with Crippen molar-refractivity contribution in [2.75, 3.05) is 5.32 Å². The second-order valence-corrected chi connectivity index (χ2v) is 3.39. The van der Waals surface area contributed by atoms with Gasteiger partial charge in [0.05, 0.1) is 23.8 Å². The summed E-state index contributed by atoms with van der Waals surface area (Å²) in [4.78, 5) is 0. The van der Waals surface area contributed by atoms with Crippen molar-refractivity contribution < 1.29 is 13.2 Å². The van der Waals surface area contributed by atoms with Gasteiger partial charge in [-0.05, 0) is 18.2 Å². The summed E-state index contributed by atoms with van der Waals surface area (Å²) in [5.41, 5.74) is 0.522. The number of furan rings is 1. The Morgan fingerprint density at radius 2 is 2.06 bits per heavy atom. The average Bonchev–Trinajstić information content (AvgIpc) is 2.84.